The molecule has 8 heteroatoms. The summed E-state index contributed by atoms with van der Waals surface area (Å²) in [6.07, 6.45) is -3.82. The zero-order valence-corrected chi connectivity index (χ0v) is 16.8. The lowest BCUT2D eigenvalue weighted by molar-refractivity contribution is -0.333. The van der Waals surface area contributed by atoms with Gasteiger partial charge < -0.3 is 34.1 Å². The number of hydrogen-bond donors (Lipinski definition) is 2. The van der Waals surface area contributed by atoms with Crippen LogP contribution in [0.2, 0.25) is 0 Å². The summed E-state index contributed by atoms with van der Waals surface area (Å²) < 4.78 is 28.9. The molecular weight excluding hydrogens is 390 g/mol. The zero-order valence-electron chi connectivity index (χ0n) is 16.8. The maximum Gasteiger partial charge on any atom is 0.223 e. The van der Waals surface area contributed by atoms with E-state index in [4.69, 9.17) is 23.7 Å². The van der Waals surface area contributed by atoms with Crippen LogP contribution in [0.15, 0.2) is 54.6 Å². The summed E-state index contributed by atoms with van der Waals surface area (Å²) in [5.74, 6) is 0.893. The molecule has 30 heavy (non-hydrogen) atoms. The van der Waals surface area contributed by atoms with Crippen molar-refractivity contribution in [2.24, 2.45) is 0 Å². The topological polar surface area (TPSA) is 95.5 Å². The van der Waals surface area contributed by atoms with Crippen LogP contribution in [0, 0.1) is 0 Å². The smallest absolute Gasteiger partial charge is 0.223 e. The summed E-state index contributed by atoms with van der Waals surface area (Å²) >= 11 is 0. The minimum atomic E-state index is -1.05. The van der Waals surface area contributed by atoms with Crippen molar-refractivity contribution < 1.29 is 33.6 Å². The molecule has 4 rings (SSSR count). The van der Waals surface area contributed by atoms with Crippen molar-refractivity contribution in [1.82, 2.24) is 5.32 Å². The number of nitrogens with one attached hydrogen (secondary N) is 1. The third-order valence-corrected chi connectivity index (χ3v) is 5.12. The summed E-state index contributed by atoms with van der Waals surface area (Å²) in [6.45, 7) is 1.59. The van der Waals surface area contributed by atoms with Gasteiger partial charge in [0.25, 0.3) is 0 Å². The average Bonchev–Trinajstić information content (AvgIpc) is 2.77. The summed E-state index contributed by atoms with van der Waals surface area (Å²) in [7, 11) is 1.58. The average molecular weight is 415 g/mol. The number of methoxy groups -OCH3 is 1. The van der Waals surface area contributed by atoms with E-state index in [1.54, 1.807) is 31.4 Å². The first-order chi connectivity index (χ1) is 14.5. The quantitative estimate of drug-likeness (QED) is 0.769. The van der Waals surface area contributed by atoms with Crippen LogP contribution in [-0.4, -0.2) is 55.4 Å². The van der Waals surface area contributed by atoms with Gasteiger partial charge in [0.1, 0.15) is 35.9 Å². The van der Waals surface area contributed by atoms with Crippen LogP contribution in [-0.2, 0) is 19.0 Å². The molecule has 0 aromatic heterocycles. The maximum atomic E-state index is 11.8. The predicted octanol–water partition coefficient (Wildman–Crippen LogP) is 1.78. The van der Waals surface area contributed by atoms with Crippen LogP contribution in [0.3, 0.4) is 0 Å². The van der Waals surface area contributed by atoms with Gasteiger partial charge in [0, 0.05) is 12.5 Å². The number of rotatable bonds is 5. The first-order valence-electron chi connectivity index (χ1n) is 9.78. The Hall–Kier alpha value is -2.65. The first-order valence-corrected chi connectivity index (χ1v) is 9.78. The lowest BCUT2D eigenvalue weighted by Crippen LogP contribution is -2.67. The Bertz CT molecular complexity index is 844. The van der Waals surface area contributed by atoms with E-state index in [0.29, 0.717) is 11.5 Å². The van der Waals surface area contributed by atoms with Gasteiger partial charge in [-0.2, -0.15) is 0 Å². The Balaban J connectivity index is 1.51. The lowest BCUT2D eigenvalue weighted by atomic mass is 9.95. The molecule has 2 saturated heterocycles. The van der Waals surface area contributed by atoms with Gasteiger partial charge in [0.15, 0.2) is 6.29 Å². The predicted molar refractivity (Wildman–Crippen MR) is 106 cm³/mol. The molecule has 0 aliphatic carbocycles. The number of carbonyl (C=O) groups is 1. The molecule has 2 aliphatic rings. The number of aliphatic hydroxyl groups excluding tert-OH is 1. The van der Waals surface area contributed by atoms with Crippen molar-refractivity contribution in [3.8, 4) is 11.5 Å². The molecule has 2 aromatic rings. The Morgan fingerprint density at radius 1 is 1.07 bits per heavy atom. The number of amides is 1. The molecule has 2 N–H and O–H groups in total. The minimum absolute atomic E-state index is 0.219. The van der Waals surface area contributed by atoms with Gasteiger partial charge in [0.05, 0.1) is 13.7 Å². The number of ether oxygens (including phenoxy) is 5. The first kappa shape index (κ1) is 20.6. The highest BCUT2D eigenvalue weighted by Gasteiger charge is 2.50. The highest BCUT2D eigenvalue weighted by atomic mass is 16.7. The summed E-state index contributed by atoms with van der Waals surface area (Å²) in [6, 6.07) is 15.6. The van der Waals surface area contributed by atoms with Gasteiger partial charge in [-0.25, -0.2) is 0 Å². The number of benzene rings is 2. The molecule has 6 atom stereocenters. The third-order valence-electron chi connectivity index (χ3n) is 5.12. The summed E-state index contributed by atoms with van der Waals surface area (Å²) in [5, 5.41) is 13.8. The van der Waals surface area contributed by atoms with E-state index in [1.165, 1.54) is 6.92 Å². The highest BCUT2D eigenvalue weighted by Crippen LogP contribution is 2.35. The molecule has 0 radical (unpaired) electrons. The molecule has 8 nitrogen and oxygen atoms in total. The molecule has 0 bridgehead atoms. The van der Waals surface area contributed by atoms with E-state index in [0.717, 1.165) is 5.56 Å². The molecule has 2 aliphatic heterocycles. The van der Waals surface area contributed by atoms with Gasteiger partial charge >= 0.3 is 0 Å². The fourth-order valence-electron chi connectivity index (χ4n) is 3.65. The van der Waals surface area contributed by atoms with E-state index in [9.17, 15) is 9.90 Å². The van der Waals surface area contributed by atoms with Crippen molar-refractivity contribution in [1.29, 1.82) is 0 Å². The second-order valence-electron chi connectivity index (χ2n) is 7.23. The Kier molecular flexibility index (Phi) is 6.19. The Morgan fingerprint density at radius 2 is 1.77 bits per heavy atom. The molecule has 0 spiro atoms. The van der Waals surface area contributed by atoms with Gasteiger partial charge in [-0.1, -0.05) is 30.3 Å². The highest BCUT2D eigenvalue weighted by molar-refractivity contribution is 5.73. The maximum absolute atomic E-state index is 11.8. The number of carbonyl (C=O) groups excluding carboxylic acids is 1. The molecule has 0 saturated carbocycles. The SMILES string of the molecule is COc1ccc(O[C@H]2O[C@@H]3CO[C@@H](c4ccccc4)O[C@@H]3[C@@H](O)[C@@H]2NC(C)=O)cc1. The molecule has 160 valence electrons. The van der Waals surface area contributed by atoms with Gasteiger partial charge in [-0.15, -0.1) is 0 Å². The standard InChI is InChI=1S/C22H25NO7/c1-13(24)23-18-19(25)20-17(12-27-21(30-20)14-6-4-3-5-7-14)29-22(18)28-16-10-8-15(26-2)9-11-16/h3-11,17-22,25H,12H2,1-2H3,(H,23,24)/t17-,18+,19+,20+,21-,22+/m1/s1. The molecule has 2 heterocycles. The number of fused-ring (bicyclic) bond motifs is 1. The lowest BCUT2D eigenvalue weighted by Gasteiger charge is -2.47. The minimum Gasteiger partial charge on any atom is -0.497 e. The van der Waals surface area contributed by atoms with Crippen LogP contribution in [0.1, 0.15) is 18.8 Å². The van der Waals surface area contributed by atoms with E-state index in [2.05, 4.69) is 5.32 Å². The number of hydrogen-bond acceptors (Lipinski definition) is 7. The molecule has 2 aromatic carbocycles. The van der Waals surface area contributed by atoms with Crippen LogP contribution in [0.25, 0.3) is 0 Å². The van der Waals surface area contributed by atoms with Crippen LogP contribution in [0.5, 0.6) is 11.5 Å². The van der Waals surface area contributed by atoms with E-state index in [1.807, 2.05) is 30.3 Å². The zero-order chi connectivity index (χ0) is 21.1. The Labute approximate surface area is 174 Å². The fraction of sp³-hybridized carbons (Fsp3) is 0.409. The van der Waals surface area contributed by atoms with Crippen molar-refractivity contribution in [2.45, 2.75) is 43.9 Å². The monoisotopic (exact) mass is 415 g/mol. The fourth-order valence-corrected chi connectivity index (χ4v) is 3.65. The van der Waals surface area contributed by atoms with Crippen LogP contribution >= 0.6 is 0 Å². The molecule has 0 unspecified atom stereocenters. The van der Waals surface area contributed by atoms with E-state index < -0.39 is 36.9 Å². The third kappa shape index (κ3) is 4.41. The largest absolute Gasteiger partial charge is 0.497 e. The molecular formula is C22H25NO7. The number of aliphatic hydroxyl groups is 1. The van der Waals surface area contributed by atoms with Crippen molar-refractivity contribution in [3.63, 3.8) is 0 Å². The van der Waals surface area contributed by atoms with Crippen molar-refractivity contribution >= 4 is 5.91 Å². The van der Waals surface area contributed by atoms with E-state index in [-0.39, 0.29) is 12.5 Å². The van der Waals surface area contributed by atoms with Crippen molar-refractivity contribution in [2.75, 3.05) is 13.7 Å². The van der Waals surface area contributed by atoms with Crippen LogP contribution < -0.4 is 14.8 Å². The molecule has 1 amide bonds. The second kappa shape index (κ2) is 9.01. The van der Waals surface area contributed by atoms with Gasteiger partial charge in [-0.05, 0) is 24.3 Å². The summed E-state index contributed by atoms with van der Waals surface area (Å²) in [4.78, 5) is 11.8. The normalized spacial score (nSPS) is 30.8. The molecule has 2 fully saturated rings. The van der Waals surface area contributed by atoms with Crippen LogP contribution in [0.4, 0.5) is 0 Å². The van der Waals surface area contributed by atoms with Crippen molar-refractivity contribution in [3.05, 3.63) is 60.2 Å². The second-order valence-corrected chi connectivity index (χ2v) is 7.23. The van der Waals surface area contributed by atoms with Gasteiger partial charge in [0.2, 0.25) is 12.2 Å². The Morgan fingerprint density at radius 3 is 2.43 bits per heavy atom. The summed E-state index contributed by atoms with van der Waals surface area (Å²) in [5.41, 5.74) is 0.843. The van der Waals surface area contributed by atoms with Gasteiger partial charge in [-0.3, -0.25) is 4.79 Å². The van der Waals surface area contributed by atoms with E-state index >= 15 is 0 Å².